The van der Waals surface area contributed by atoms with Crippen molar-refractivity contribution in [2.24, 2.45) is 0 Å². The molecule has 0 aromatic heterocycles. The van der Waals surface area contributed by atoms with Gasteiger partial charge >= 0.3 is 0 Å². The minimum Gasteiger partial charge on any atom is -0.0616 e. The standard InChI is InChI=1S/C12H6Br2I2.C12H8I2/c13-7-1-3-11(15)9(5-7)10-6-8(14)2-4-12(10)16;13-11-7-3-1-5-9(11)10-6-2-4-8-12(10)14/h1-6H;1-8H. The number of hydrogen-bond donors (Lipinski definition) is 0. The van der Waals surface area contributed by atoms with Crippen molar-refractivity contribution < 1.29 is 0 Å². The Morgan fingerprint density at radius 1 is 0.400 bits per heavy atom. The van der Waals surface area contributed by atoms with E-state index in [9.17, 15) is 0 Å². The van der Waals surface area contributed by atoms with Gasteiger partial charge in [-0.2, -0.15) is 0 Å². The Hall–Kier alpha value is 0.760. The molecule has 0 fully saturated rings. The summed E-state index contributed by atoms with van der Waals surface area (Å²) < 4.78 is 7.34. The molecule has 0 heterocycles. The molecular formula is C24H14Br2I4. The van der Waals surface area contributed by atoms with Crippen molar-refractivity contribution in [2.45, 2.75) is 0 Å². The fourth-order valence-corrected chi connectivity index (χ4v) is 6.10. The average Bonchev–Trinajstić information content (AvgIpc) is 2.73. The Morgan fingerprint density at radius 3 is 1.10 bits per heavy atom. The zero-order chi connectivity index (χ0) is 21.7. The van der Waals surface area contributed by atoms with Gasteiger partial charge in [0.2, 0.25) is 0 Å². The first-order valence-electron chi connectivity index (χ1n) is 8.76. The van der Waals surface area contributed by atoms with Gasteiger partial charge < -0.3 is 0 Å². The minimum atomic E-state index is 1.11. The summed E-state index contributed by atoms with van der Waals surface area (Å²) in [5, 5.41) is 0. The quantitative estimate of drug-likeness (QED) is 0.176. The third-order valence-corrected chi connectivity index (χ3v) is 8.93. The lowest BCUT2D eigenvalue weighted by atomic mass is 10.1. The smallest absolute Gasteiger partial charge is 0.0209 e. The minimum absolute atomic E-state index is 1.11. The summed E-state index contributed by atoms with van der Waals surface area (Å²) >= 11 is 16.5. The molecule has 30 heavy (non-hydrogen) atoms. The third kappa shape index (κ3) is 6.88. The lowest BCUT2D eigenvalue weighted by Gasteiger charge is -2.08. The SMILES string of the molecule is Brc1ccc(I)c(-c2cc(Br)ccc2I)c1.Ic1ccccc1-c1ccccc1I. The monoisotopic (exact) mass is 968 g/mol. The van der Waals surface area contributed by atoms with Gasteiger partial charge in [0, 0.05) is 23.2 Å². The van der Waals surface area contributed by atoms with Gasteiger partial charge in [-0.05, 0) is 161 Å². The van der Waals surface area contributed by atoms with Crippen molar-refractivity contribution in [3.05, 3.63) is 108 Å². The molecule has 0 amide bonds. The Kier molecular flexibility index (Phi) is 10.4. The molecule has 0 aliphatic carbocycles. The van der Waals surface area contributed by atoms with Crippen LogP contribution in [-0.4, -0.2) is 0 Å². The first-order valence-corrected chi connectivity index (χ1v) is 14.7. The molecule has 0 nitrogen and oxygen atoms in total. The highest BCUT2D eigenvalue weighted by Crippen LogP contribution is 2.33. The van der Waals surface area contributed by atoms with Crippen molar-refractivity contribution in [2.75, 3.05) is 0 Å². The lowest BCUT2D eigenvalue weighted by molar-refractivity contribution is 1.52. The van der Waals surface area contributed by atoms with Gasteiger partial charge in [-0.15, -0.1) is 0 Å². The van der Waals surface area contributed by atoms with Crippen LogP contribution in [0.4, 0.5) is 0 Å². The molecule has 4 aromatic carbocycles. The molecule has 0 N–H and O–H groups in total. The van der Waals surface area contributed by atoms with E-state index >= 15 is 0 Å². The summed E-state index contributed by atoms with van der Waals surface area (Å²) in [5.74, 6) is 0. The van der Waals surface area contributed by atoms with Crippen LogP contribution < -0.4 is 0 Å². The summed E-state index contributed by atoms with van der Waals surface area (Å²) in [6.45, 7) is 0. The summed E-state index contributed by atoms with van der Waals surface area (Å²) in [7, 11) is 0. The second-order valence-corrected chi connectivity index (χ2v) is 12.7. The molecule has 4 rings (SSSR count). The molecule has 0 aliphatic heterocycles. The van der Waals surface area contributed by atoms with E-state index in [2.05, 4.69) is 207 Å². The Bertz CT molecular complexity index is 1080. The van der Waals surface area contributed by atoms with E-state index in [1.54, 1.807) is 0 Å². The number of halogens is 6. The van der Waals surface area contributed by atoms with Crippen molar-refractivity contribution in [3.8, 4) is 22.3 Å². The third-order valence-electron chi connectivity index (χ3n) is 4.18. The summed E-state index contributed by atoms with van der Waals surface area (Å²) in [5.41, 5.74) is 5.16. The molecule has 0 spiro atoms. The largest absolute Gasteiger partial charge is 0.0616 e. The molecule has 0 saturated carbocycles. The molecular weight excluding hydrogens is 956 g/mol. The van der Waals surface area contributed by atoms with Crippen LogP contribution in [0.5, 0.6) is 0 Å². The normalized spacial score (nSPS) is 10.3. The number of rotatable bonds is 2. The van der Waals surface area contributed by atoms with Crippen LogP contribution >= 0.6 is 122 Å². The highest BCUT2D eigenvalue weighted by Gasteiger charge is 2.08. The van der Waals surface area contributed by atoms with Crippen molar-refractivity contribution in [1.29, 1.82) is 0 Å². The van der Waals surface area contributed by atoms with Crippen LogP contribution in [0, 0.1) is 14.3 Å². The molecule has 152 valence electrons. The topological polar surface area (TPSA) is 0 Å². The number of benzene rings is 4. The van der Waals surface area contributed by atoms with Gasteiger partial charge in [0.15, 0.2) is 0 Å². The Labute approximate surface area is 248 Å². The fourth-order valence-electron chi connectivity index (χ4n) is 2.77. The fraction of sp³-hybridized carbons (Fsp3) is 0. The van der Waals surface area contributed by atoms with Gasteiger partial charge in [-0.25, -0.2) is 0 Å². The van der Waals surface area contributed by atoms with Gasteiger partial charge in [0.25, 0.3) is 0 Å². The van der Waals surface area contributed by atoms with Gasteiger partial charge in [0.05, 0.1) is 0 Å². The van der Waals surface area contributed by atoms with Crippen LogP contribution in [0.2, 0.25) is 0 Å². The molecule has 0 bridgehead atoms. The van der Waals surface area contributed by atoms with Gasteiger partial charge in [-0.1, -0.05) is 68.3 Å². The van der Waals surface area contributed by atoms with Crippen LogP contribution in [-0.2, 0) is 0 Å². The summed E-state index contributed by atoms with van der Waals surface area (Å²) in [6, 6.07) is 29.6. The van der Waals surface area contributed by atoms with Crippen LogP contribution in [0.25, 0.3) is 22.3 Å². The molecule has 6 heteroatoms. The average molecular weight is 970 g/mol. The van der Waals surface area contributed by atoms with E-state index in [0.29, 0.717) is 0 Å². The Morgan fingerprint density at radius 2 is 0.733 bits per heavy atom. The second kappa shape index (κ2) is 12.3. The van der Waals surface area contributed by atoms with Crippen molar-refractivity contribution in [1.82, 2.24) is 0 Å². The van der Waals surface area contributed by atoms with Crippen molar-refractivity contribution in [3.63, 3.8) is 0 Å². The lowest BCUT2D eigenvalue weighted by Crippen LogP contribution is -1.87. The molecule has 0 saturated heterocycles. The zero-order valence-electron chi connectivity index (χ0n) is 15.4. The Balaban J connectivity index is 0.000000172. The van der Waals surface area contributed by atoms with E-state index < -0.39 is 0 Å². The first-order chi connectivity index (χ1) is 14.4. The summed E-state index contributed by atoms with van der Waals surface area (Å²) in [4.78, 5) is 0. The van der Waals surface area contributed by atoms with Gasteiger partial charge in [-0.3, -0.25) is 0 Å². The summed E-state index contributed by atoms with van der Waals surface area (Å²) in [6.07, 6.45) is 0. The van der Waals surface area contributed by atoms with Crippen LogP contribution in [0.3, 0.4) is 0 Å². The molecule has 0 atom stereocenters. The molecule has 0 unspecified atom stereocenters. The molecule has 0 radical (unpaired) electrons. The maximum atomic E-state index is 3.52. The van der Waals surface area contributed by atoms with Crippen LogP contribution in [0.15, 0.2) is 93.9 Å². The van der Waals surface area contributed by atoms with E-state index in [-0.39, 0.29) is 0 Å². The highest BCUT2D eigenvalue weighted by atomic mass is 127. The predicted octanol–water partition coefficient (Wildman–Crippen LogP) is 10.7. The van der Waals surface area contributed by atoms with E-state index in [0.717, 1.165) is 8.95 Å². The maximum Gasteiger partial charge on any atom is 0.0209 e. The van der Waals surface area contributed by atoms with E-state index in [1.807, 2.05) is 0 Å². The van der Waals surface area contributed by atoms with E-state index in [4.69, 9.17) is 0 Å². The molecule has 0 aliphatic rings. The van der Waals surface area contributed by atoms with E-state index in [1.165, 1.54) is 36.5 Å². The van der Waals surface area contributed by atoms with Crippen LogP contribution in [0.1, 0.15) is 0 Å². The maximum absolute atomic E-state index is 3.52. The number of hydrogen-bond acceptors (Lipinski definition) is 0. The predicted molar refractivity (Wildman–Crippen MR) is 170 cm³/mol. The molecule has 4 aromatic rings. The highest BCUT2D eigenvalue weighted by molar-refractivity contribution is 14.1. The van der Waals surface area contributed by atoms with Gasteiger partial charge in [0.1, 0.15) is 0 Å². The first kappa shape index (κ1) is 25.4. The second-order valence-electron chi connectivity index (χ2n) is 6.21. The van der Waals surface area contributed by atoms with Crippen molar-refractivity contribution >= 4 is 122 Å². The zero-order valence-corrected chi connectivity index (χ0v) is 27.2.